The summed E-state index contributed by atoms with van der Waals surface area (Å²) >= 11 is 3.57. The van der Waals surface area contributed by atoms with Gasteiger partial charge in [0.25, 0.3) is 0 Å². The summed E-state index contributed by atoms with van der Waals surface area (Å²) in [5, 5.41) is 2.37. The molecular weight excluding hydrogens is 292 g/mol. The van der Waals surface area contributed by atoms with Gasteiger partial charge in [0.05, 0.1) is 6.61 Å². The summed E-state index contributed by atoms with van der Waals surface area (Å²) in [6, 6.07) is 12.3. The molecule has 2 aromatic carbocycles. The normalized spacial score (nSPS) is 10.6. The third-order valence-corrected chi connectivity index (χ3v) is 3.50. The summed E-state index contributed by atoms with van der Waals surface area (Å²) in [6.45, 7) is 2.27. The molecule has 2 nitrogen and oxygen atoms in total. The largest absolute Gasteiger partial charge is 0.466 e. The predicted molar refractivity (Wildman–Crippen MR) is 76.6 cm³/mol. The van der Waals surface area contributed by atoms with Gasteiger partial charge >= 0.3 is 5.97 Å². The number of halogens is 1. The van der Waals surface area contributed by atoms with Gasteiger partial charge in [0, 0.05) is 10.9 Å². The Morgan fingerprint density at radius 3 is 2.67 bits per heavy atom. The Hall–Kier alpha value is -1.35. The van der Waals surface area contributed by atoms with Crippen LogP contribution in [0.1, 0.15) is 18.9 Å². The van der Waals surface area contributed by atoms with Crippen LogP contribution in [0.25, 0.3) is 10.8 Å². The van der Waals surface area contributed by atoms with Crippen LogP contribution in [-0.4, -0.2) is 12.6 Å². The van der Waals surface area contributed by atoms with Gasteiger partial charge in [0.1, 0.15) is 0 Å². The number of aryl methyl sites for hydroxylation is 1. The van der Waals surface area contributed by atoms with Crippen LogP contribution in [0.4, 0.5) is 0 Å². The molecule has 0 fully saturated rings. The van der Waals surface area contributed by atoms with Crippen LogP contribution in [-0.2, 0) is 16.0 Å². The van der Waals surface area contributed by atoms with Gasteiger partial charge in [0.15, 0.2) is 0 Å². The monoisotopic (exact) mass is 306 g/mol. The quantitative estimate of drug-likeness (QED) is 0.795. The molecule has 94 valence electrons. The van der Waals surface area contributed by atoms with Crippen molar-refractivity contribution in [3.63, 3.8) is 0 Å². The van der Waals surface area contributed by atoms with Gasteiger partial charge in [0.2, 0.25) is 0 Å². The molecule has 0 atom stereocenters. The second kappa shape index (κ2) is 6.01. The lowest BCUT2D eigenvalue weighted by Gasteiger charge is -2.08. The molecule has 0 saturated carbocycles. The van der Waals surface area contributed by atoms with Crippen molar-refractivity contribution in [1.29, 1.82) is 0 Å². The third-order valence-electron chi connectivity index (χ3n) is 2.84. The molecule has 0 spiro atoms. The van der Waals surface area contributed by atoms with Crippen molar-refractivity contribution in [3.05, 3.63) is 46.4 Å². The fraction of sp³-hybridized carbons (Fsp3) is 0.267. The molecule has 0 aliphatic carbocycles. The molecule has 0 radical (unpaired) electrons. The maximum atomic E-state index is 11.4. The van der Waals surface area contributed by atoms with E-state index in [0.717, 1.165) is 4.47 Å². The molecule has 0 aliphatic rings. The zero-order chi connectivity index (χ0) is 13.0. The van der Waals surface area contributed by atoms with E-state index in [-0.39, 0.29) is 5.97 Å². The zero-order valence-corrected chi connectivity index (χ0v) is 11.9. The fourth-order valence-corrected chi connectivity index (χ4v) is 2.68. The highest BCUT2D eigenvalue weighted by Crippen LogP contribution is 2.28. The lowest BCUT2D eigenvalue weighted by molar-refractivity contribution is -0.143. The SMILES string of the molecule is CCOC(=O)CCc1cccc2cccc(Br)c12. The highest BCUT2D eigenvalue weighted by molar-refractivity contribution is 9.10. The van der Waals surface area contributed by atoms with Crippen LogP contribution >= 0.6 is 15.9 Å². The number of hydrogen-bond acceptors (Lipinski definition) is 2. The summed E-state index contributed by atoms with van der Waals surface area (Å²) < 4.78 is 6.02. The maximum Gasteiger partial charge on any atom is 0.306 e. The molecule has 0 heterocycles. The smallest absolute Gasteiger partial charge is 0.306 e. The summed E-state index contributed by atoms with van der Waals surface area (Å²) in [6.07, 6.45) is 1.13. The van der Waals surface area contributed by atoms with Crippen LogP contribution in [0.5, 0.6) is 0 Å². The molecule has 0 aliphatic heterocycles. The molecule has 18 heavy (non-hydrogen) atoms. The number of carbonyl (C=O) groups excluding carboxylic acids is 1. The molecule has 0 N–H and O–H groups in total. The van der Waals surface area contributed by atoms with Crippen molar-refractivity contribution in [3.8, 4) is 0 Å². The minimum Gasteiger partial charge on any atom is -0.466 e. The summed E-state index contributed by atoms with van der Waals surface area (Å²) in [7, 11) is 0. The van der Waals surface area contributed by atoms with E-state index in [4.69, 9.17) is 4.74 Å². The second-order valence-electron chi connectivity index (χ2n) is 4.06. The Balaban J connectivity index is 2.25. The van der Waals surface area contributed by atoms with Gasteiger partial charge in [-0.1, -0.05) is 46.3 Å². The van der Waals surface area contributed by atoms with Crippen molar-refractivity contribution in [2.24, 2.45) is 0 Å². The second-order valence-corrected chi connectivity index (χ2v) is 4.91. The molecule has 0 saturated heterocycles. The van der Waals surface area contributed by atoms with E-state index in [1.807, 2.05) is 25.1 Å². The molecule has 0 aromatic heterocycles. The van der Waals surface area contributed by atoms with E-state index in [1.54, 1.807) is 0 Å². The van der Waals surface area contributed by atoms with Crippen molar-refractivity contribution < 1.29 is 9.53 Å². The molecule has 0 bridgehead atoms. The first-order valence-electron chi connectivity index (χ1n) is 6.04. The summed E-state index contributed by atoms with van der Waals surface area (Å²) in [4.78, 5) is 11.4. The first kappa shape index (κ1) is 13.1. The van der Waals surface area contributed by atoms with Crippen LogP contribution in [0.15, 0.2) is 40.9 Å². The van der Waals surface area contributed by atoms with Crippen molar-refractivity contribution >= 4 is 32.7 Å². The summed E-state index contributed by atoms with van der Waals surface area (Å²) in [5.41, 5.74) is 1.17. The van der Waals surface area contributed by atoms with Crippen LogP contribution in [0.3, 0.4) is 0 Å². The average molecular weight is 307 g/mol. The minimum atomic E-state index is -0.137. The molecule has 3 heteroatoms. The highest BCUT2D eigenvalue weighted by atomic mass is 79.9. The fourth-order valence-electron chi connectivity index (χ4n) is 2.05. The van der Waals surface area contributed by atoms with Gasteiger partial charge in [-0.3, -0.25) is 4.79 Å². The Bertz CT molecular complexity index is 558. The first-order chi connectivity index (χ1) is 8.72. The standard InChI is InChI=1S/C15H15BrO2/c1-2-18-14(17)10-9-12-6-3-5-11-7-4-8-13(16)15(11)12/h3-8H,2,9-10H2,1H3. The number of esters is 1. The number of rotatable bonds is 4. The summed E-state index contributed by atoms with van der Waals surface area (Å²) in [5.74, 6) is -0.137. The molecule has 2 rings (SSSR count). The lowest BCUT2D eigenvalue weighted by atomic mass is 10.0. The Morgan fingerprint density at radius 2 is 1.94 bits per heavy atom. The molecule has 0 unspecified atom stereocenters. The van der Waals surface area contributed by atoms with Gasteiger partial charge < -0.3 is 4.74 Å². The van der Waals surface area contributed by atoms with E-state index in [1.165, 1.54) is 16.3 Å². The Morgan fingerprint density at radius 1 is 1.22 bits per heavy atom. The number of benzene rings is 2. The van der Waals surface area contributed by atoms with E-state index < -0.39 is 0 Å². The van der Waals surface area contributed by atoms with Crippen molar-refractivity contribution in [1.82, 2.24) is 0 Å². The van der Waals surface area contributed by atoms with Gasteiger partial charge in [-0.05, 0) is 35.7 Å². The van der Waals surface area contributed by atoms with E-state index >= 15 is 0 Å². The number of fused-ring (bicyclic) bond motifs is 1. The Labute approximate surface area is 115 Å². The number of ether oxygens (including phenoxy) is 1. The minimum absolute atomic E-state index is 0.137. The molecular formula is C15H15BrO2. The maximum absolute atomic E-state index is 11.4. The third kappa shape index (κ3) is 2.91. The van der Waals surface area contributed by atoms with E-state index in [9.17, 15) is 4.79 Å². The van der Waals surface area contributed by atoms with Crippen LogP contribution in [0.2, 0.25) is 0 Å². The van der Waals surface area contributed by atoms with Crippen molar-refractivity contribution in [2.75, 3.05) is 6.61 Å². The van der Waals surface area contributed by atoms with Gasteiger partial charge in [-0.15, -0.1) is 0 Å². The first-order valence-corrected chi connectivity index (χ1v) is 6.83. The van der Waals surface area contributed by atoms with Gasteiger partial charge in [-0.25, -0.2) is 0 Å². The lowest BCUT2D eigenvalue weighted by Crippen LogP contribution is -2.05. The number of carbonyl (C=O) groups is 1. The van der Waals surface area contributed by atoms with E-state index in [0.29, 0.717) is 19.4 Å². The zero-order valence-electron chi connectivity index (χ0n) is 10.3. The van der Waals surface area contributed by atoms with E-state index in [2.05, 4.69) is 34.1 Å². The predicted octanol–water partition coefficient (Wildman–Crippen LogP) is 4.10. The number of hydrogen-bond donors (Lipinski definition) is 0. The molecule has 2 aromatic rings. The highest BCUT2D eigenvalue weighted by Gasteiger charge is 2.07. The topological polar surface area (TPSA) is 26.3 Å². The van der Waals surface area contributed by atoms with Crippen LogP contribution < -0.4 is 0 Å². The average Bonchev–Trinajstić information content (AvgIpc) is 2.37. The van der Waals surface area contributed by atoms with Crippen LogP contribution in [0, 0.1) is 0 Å². The van der Waals surface area contributed by atoms with Crippen molar-refractivity contribution in [2.45, 2.75) is 19.8 Å². The Kier molecular flexibility index (Phi) is 4.37. The van der Waals surface area contributed by atoms with Gasteiger partial charge in [-0.2, -0.15) is 0 Å². The molecule has 0 amide bonds.